The Kier molecular flexibility index (Phi) is 4.12. The van der Waals surface area contributed by atoms with Crippen LogP contribution in [0.3, 0.4) is 0 Å². The second-order valence-electron chi connectivity index (χ2n) is 4.75. The Labute approximate surface area is 106 Å². The summed E-state index contributed by atoms with van der Waals surface area (Å²) in [5.74, 6) is -0.102. The fraction of sp³-hybridized carbons (Fsp3) is 0.615. The Morgan fingerprint density at radius 2 is 2.22 bits per heavy atom. The zero-order chi connectivity index (χ0) is 13.0. The van der Waals surface area contributed by atoms with Crippen LogP contribution in [0.25, 0.3) is 0 Å². The molecule has 5 heteroatoms. The summed E-state index contributed by atoms with van der Waals surface area (Å²) >= 11 is 0. The highest BCUT2D eigenvalue weighted by atomic mass is 16.2. The van der Waals surface area contributed by atoms with E-state index in [1.165, 1.54) is 29.8 Å². The largest absolute Gasteiger partial charge is 0.352 e. The van der Waals surface area contributed by atoms with Gasteiger partial charge in [-0.1, -0.05) is 19.8 Å². The topological polar surface area (TPSA) is 64.0 Å². The molecule has 5 nitrogen and oxygen atoms in total. The molecule has 1 aromatic heterocycles. The summed E-state index contributed by atoms with van der Waals surface area (Å²) < 4.78 is 1.35. The first-order chi connectivity index (χ1) is 8.69. The minimum absolute atomic E-state index is 0.0618. The molecule has 1 heterocycles. The van der Waals surface area contributed by atoms with Crippen LogP contribution in [0.2, 0.25) is 0 Å². The molecule has 0 spiro atoms. The van der Waals surface area contributed by atoms with Gasteiger partial charge in [0.25, 0.3) is 5.56 Å². The van der Waals surface area contributed by atoms with Gasteiger partial charge in [0.1, 0.15) is 6.54 Å². The maximum atomic E-state index is 11.8. The number of hydrogen-bond acceptors (Lipinski definition) is 3. The van der Waals surface area contributed by atoms with Crippen molar-refractivity contribution in [1.29, 1.82) is 0 Å². The van der Waals surface area contributed by atoms with Gasteiger partial charge in [-0.3, -0.25) is 14.2 Å². The number of carbonyl (C=O) groups excluding carboxylic acids is 1. The number of rotatable bonds is 4. The average molecular weight is 249 g/mol. The minimum Gasteiger partial charge on any atom is -0.352 e. The van der Waals surface area contributed by atoms with Gasteiger partial charge in [-0.05, 0) is 19.3 Å². The Hall–Kier alpha value is -1.65. The van der Waals surface area contributed by atoms with E-state index in [0.29, 0.717) is 0 Å². The lowest BCUT2D eigenvalue weighted by atomic mass is 10.2. The van der Waals surface area contributed by atoms with Crippen LogP contribution >= 0.6 is 0 Å². The highest BCUT2D eigenvalue weighted by Crippen LogP contribution is 2.17. The molecule has 0 saturated heterocycles. The van der Waals surface area contributed by atoms with Gasteiger partial charge in [-0.2, -0.15) is 0 Å². The molecule has 1 fully saturated rings. The highest BCUT2D eigenvalue weighted by molar-refractivity contribution is 5.76. The number of nitrogens with one attached hydrogen (secondary N) is 1. The van der Waals surface area contributed by atoms with Gasteiger partial charge in [0.05, 0.1) is 6.33 Å². The van der Waals surface area contributed by atoms with Crippen molar-refractivity contribution in [2.24, 2.45) is 0 Å². The molecule has 1 amide bonds. The molecule has 2 rings (SSSR count). The van der Waals surface area contributed by atoms with E-state index in [9.17, 15) is 9.59 Å². The molecule has 0 unspecified atom stereocenters. The standard InChI is InChI=1S/C13H19N3O2/c1-2-10-7-13(18)16(9-14-10)8-12(17)15-11-5-3-4-6-11/h7,9,11H,2-6,8H2,1H3,(H,15,17). The fourth-order valence-corrected chi connectivity index (χ4v) is 2.27. The van der Waals surface area contributed by atoms with E-state index >= 15 is 0 Å². The van der Waals surface area contributed by atoms with Crippen molar-refractivity contribution in [2.75, 3.05) is 0 Å². The van der Waals surface area contributed by atoms with E-state index in [4.69, 9.17) is 0 Å². The van der Waals surface area contributed by atoms with Gasteiger partial charge >= 0.3 is 0 Å². The second-order valence-corrected chi connectivity index (χ2v) is 4.75. The predicted octanol–water partition coefficient (Wildman–Crippen LogP) is 0.864. The van der Waals surface area contributed by atoms with Crippen molar-refractivity contribution in [2.45, 2.75) is 51.6 Å². The van der Waals surface area contributed by atoms with Crippen LogP contribution in [0.1, 0.15) is 38.3 Å². The minimum atomic E-state index is -0.163. The first kappa shape index (κ1) is 12.8. The van der Waals surface area contributed by atoms with Gasteiger partial charge in [0.2, 0.25) is 5.91 Å². The Morgan fingerprint density at radius 3 is 2.83 bits per heavy atom. The van der Waals surface area contributed by atoms with Crippen molar-refractivity contribution < 1.29 is 4.79 Å². The van der Waals surface area contributed by atoms with Gasteiger partial charge in [0.15, 0.2) is 0 Å². The monoisotopic (exact) mass is 249 g/mol. The molecule has 0 atom stereocenters. The molecule has 1 N–H and O–H groups in total. The summed E-state index contributed by atoms with van der Waals surface area (Å²) in [5, 5.41) is 2.96. The normalized spacial score (nSPS) is 15.8. The molecule has 1 aliphatic carbocycles. The Balaban J connectivity index is 1.96. The van der Waals surface area contributed by atoms with Crippen molar-refractivity contribution in [1.82, 2.24) is 14.9 Å². The van der Waals surface area contributed by atoms with E-state index in [-0.39, 0.29) is 24.1 Å². The molecule has 0 radical (unpaired) electrons. The number of aromatic nitrogens is 2. The third-order valence-corrected chi connectivity index (χ3v) is 3.33. The van der Waals surface area contributed by atoms with Gasteiger partial charge in [-0.15, -0.1) is 0 Å². The maximum Gasteiger partial charge on any atom is 0.253 e. The molecule has 0 bridgehead atoms. The zero-order valence-corrected chi connectivity index (χ0v) is 10.7. The average Bonchev–Trinajstić information content (AvgIpc) is 2.84. The van der Waals surface area contributed by atoms with Crippen LogP contribution < -0.4 is 10.9 Å². The van der Waals surface area contributed by atoms with Gasteiger partial charge < -0.3 is 5.32 Å². The van der Waals surface area contributed by atoms with Crippen molar-refractivity contribution in [3.05, 3.63) is 28.4 Å². The van der Waals surface area contributed by atoms with Crippen molar-refractivity contribution >= 4 is 5.91 Å². The molecule has 1 saturated carbocycles. The van der Waals surface area contributed by atoms with Crippen molar-refractivity contribution in [3.8, 4) is 0 Å². The van der Waals surface area contributed by atoms with Crippen LogP contribution in [-0.4, -0.2) is 21.5 Å². The smallest absolute Gasteiger partial charge is 0.253 e. The molecule has 1 aliphatic rings. The quantitative estimate of drug-likeness (QED) is 0.861. The first-order valence-electron chi connectivity index (χ1n) is 6.53. The predicted molar refractivity (Wildman–Crippen MR) is 68.3 cm³/mol. The van der Waals surface area contributed by atoms with Crippen LogP contribution in [0, 0.1) is 0 Å². The van der Waals surface area contributed by atoms with Crippen LogP contribution in [0.15, 0.2) is 17.2 Å². The van der Waals surface area contributed by atoms with E-state index in [1.807, 2.05) is 6.92 Å². The molecular weight excluding hydrogens is 230 g/mol. The van der Waals surface area contributed by atoms with Crippen molar-refractivity contribution in [3.63, 3.8) is 0 Å². The first-order valence-corrected chi connectivity index (χ1v) is 6.53. The van der Waals surface area contributed by atoms with E-state index in [0.717, 1.165) is 25.0 Å². The van der Waals surface area contributed by atoms with Crippen LogP contribution in [0.5, 0.6) is 0 Å². The molecule has 98 valence electrons. The third kappa shape index (κ3) is 3.18. The number of aryl methyl sites for hydroxylation is 1. The summed E-state index contributed by atoms with van der Waals surface area (Å²) in [7, 11) is 0. The van der Waals surface area contributed by atoms with E-state index in [2.05, 4.69) is 10.3 Å². The second kappa shape index (κ2) is 5.80. The lowest BCUT2D eigenvalue weighted by molar-refractivity contribution is -0.122. The fourth-order valence-electron chi connectivity index (χ4n) is 2.27. The van der Waals surface area contributed by atoms with E-state index in [1.54, 1.807) is 0 Å². The van der Waals surface area contributed by atoms with Gasteiger partial charge in [0, 0.05) is 17.8 Å². The summed E-state index contributed by atoms with van der Waals surface area (Å²) in [4.78, 5) is 27.6. The Bertz CT molecular complexity index is 475. The highest BCUT2D eigenvalue weighted by Gasteiger charge is 2.17. The SMILES string of the molecule is CCc1cc(=O)n(CC(=O)NC2CCCC2)cn1. The summed E-state index contributed by atoms with van der Waals surface area (Å²) in [6.07, 6.45) is 6.64. The molecular formula is C13H19N3O2. The van der Waals surface area contributed by atoms with Crippen LogP contribution in [0.4, 0.5) is 0 Å². The van der Waals surface area contributed by atoms with E-state index < -0.39 is 0 Å². The summed E-state index contributed by atoms with van der Waals surface area (Å²) in [6.45, 7) is 2.01. The summed E-state index contributed by atoms with van der Waals surface area (Å²) in [6, 6.07) is 1.78. The zero-order valence-electron chi connectivity index (χ0n) is 10.7. The lowest BCUT2D eigenvalue weighted by Gasteiger charge is -2.12. The Morgan fingerprint density at radius 1 is 1.50 bits per heavy atom. The summed E-state index contributed by atoms with van der Waals surface area (Å²) in [5.41, 5.74) is 0.593. The lowest BCUT2D eigenvalue weighted by Crippen LogP contribution is -2.37. The number of carbonyl (C=O) groups is 1. The molecule has 18 heavy (non-hydrogen) atoms. The molecule has 0 aliphatic heterocycles. The van der Waals surface area contributed by atoms with Gasteiger partial charge in [-0.25, -0.2) is 4.98 Å². The number of hydrogen-bond donors (Lipinski definition) is 1. The number of amides is 1. The third-order valence-electron chi connectivity index (χ3n) is 3.33. The number of nitrogens with zero attached hydrogens (tertiary/aromatic N) is 2. The molecule has 1 aromatic rings. The maximum absolute atomic E-state index is 11.8. The van der Waals surface area contributed by atoms with Crippen LogP contribution in [-0.2, 0) is 17.8 Å². The molecule has 0 aromatic carbocycles.